The van der Waals surface area contributed by atoms with Gasteiger partial charge in [-0.3, -0.25) is 9.89 Å². The van der Waals surface area contributed by atoms with Crippen LogP contribution in [-0.4, -0.2) is 16.1 Å². The van der Waals surface area contributed by atoms with Crippen LogP contribution in [0.2, 0.25) is 5.02 Å². The van der Waals surface area contributed by atoms with E-state index in [2.05, 4.69) is 15.5 Å². The van der Waals surface area contributed by atoms with Gasteiger partial charge in [0, 0.05) is 10.6 Å². The molecule has 0 saturated carbocycles. The van der Waals surface area contributed by atoms with Gasteiger partial charge < -0.3 is 5.32 Å². The summed E-state index contributed by atoms with van der Waals surface area (Å²) < 4.78 is 27.7. The van der Waals surface area contributed by atoms with Crippen LogP contribution in [0.5, 0.6) is 0 Å². The van der Waals surface area contributed by atoms with E-state index in [0.717, 1.165) is 12.1 Å². The van der Waals surface area contributed by atoms with Gasteiger partial charge in [0.25, 0.3) is 5.91 Å². The normalized spacial score (nSPS) is 10.7. The maximum atomic E-state index is 13.8. The lowest BCUT2D eigenvalue weighted by atomic mass is 10.1. The third-order valence-corrected chi connectivity index (χ3v) is 3.96. The average molecular weight is 362 g/mol. The topological polar surface area (TPSA) is 57.8 Å². The number of halogens is 3. The van der Waals surface area contributed by atoms with Crippen LogP contribution < -0.4 is 5.32 Å². The predicted molar refractivity (Wildman–Crippen MR) is 92.7 cm³/mol. The standard InChI is InChI=1S/C18H14ClF2N3O/c1-2-14-17(16(24-23-14)10-5-3-6-11(19)9-10)22-18(25)15-12(20)7-4-8-13(15)21/h3-9H,2H2,1H3,(H,22,25)(H,23,24). The molecule has 7 heteroatoms. The highest BCUT2D eigenvalue weighted by Gasteiger charge is 2.21. The second kappa shape index (κ2) is 7.03. The lowest BCUT2D eigenvalue weighted by Crippen LogP contribution is -2.17. The second-order valence-electron chi connectivity index (χ2n) is 5.34. The number of nitrogens with one attached hydrogen (secondary N) is 2. The van der Waals surface area contributed by atoms with Gasteiger partial charge in [-0.15, -0.1) is 0 Å². The third kappa shape index (κ3) is 3.39. The maximum Gasteiger partial charge on any atom is 0.261 e. The summed E-state index contributed by atoms with van der Waals surface area (Å²) in [7, 11) is 0. The summed E-state index contributed by atoms with van der Waals surface area (Å²) in [4.78, 5) is 12.4. The summed E-state index contributed by atoms with van der Waals surface area (Å²) in [6, 6.07) is 10.2. The number of carbonyl (C=O) groups is 1. The van der Waals surface area contributed by atoms with Crippen LogP contribution in [0.25, 0.3) is 11.3 Å². The van der Waals surface area contributed by atoms with E-state index >= 15 is 0 Å². The minimum Gasteiger partial charge on any atom is -0.318 e. The number of aromatic amines is 1. The van der Waals surface area contributed by atoms with Crippen molar-refractivity contribution in [1.82, 2.24) is 10.2 Å². The van der Waals surface area contributed by atoms with Gasteiger partial charge in [0.1, 0.15) is 22.9 Å². The number of aromatic nitrogens is 2. The molecule has 1 amide bonds. The largest absolute Gasteiger partial charge is 0.318 e. The van der Waals surface area contributed by atoms with Gasteiger partial charge >= 0.3 is 0 Å². The van der Waals surface area contributed by atoms with E-state index in [9.17, 15) is 13.6 Å². The fourth-order valence-corrected chi connectivity index (χ4v) is 2.69. The van der Waals surface area contributed by atoms with Crippen molar-refractivity contribution in [3.63, 3.8) is 0 Å². The van der Waals surface area contributed by atoms with E-state index < -0.39 is 23.1 Å². The number of benzene rings is 2. The SMILES string of the molecule is CCc1[nH]nc(-c2cccc(Cl)c2)c1NC(=O)c1c(F)cccc1F. The van der Waals surface area contributed by atoms with Gasteiger partial charge in [-0.2, -0.15) is 5.10 Å². The Morgan fingerprint density at radius 2 is 1.88 bits per heavy atom. The molecule has 3 rings (SSSR count). The molecule has 2 aromatic carbocycles. The van der Waals surface area contributed by atoms with E-state index in [-0.39, 0.29) is 0 Å². The first-order chi connectivity index (χ1) is 12.0. The quantitative estimate of drug-likeness (QED) is 0.699. The van der Waals surface area contributed by atoms with Crippen LogP contribution in [0, 0.1) is 11.6 Å². The lowest BCUT2D eigenvalue weighted by Gasteiger charge is -2.09. The van der Waals surface area contributed by atoms with Crippen molar-refractivity contribution >= 4 is 23.2 Å². The third-order valence-electron chi connectivity index (χ3n) is 3.72. The van der Waals surface area contributed by atoms with Crippen LogP contribution in [0.4, 0.5) is 14.5 Å². The number of hydrogen-bond acceptors (Lipinski definition) is 2. The zero-order valence-corrected chi connectivity index (χ0v) is 14.0. The van der Waals surface area contributed by atoms with E-state index in [1.807, 2.05) is 6.92 Å². The van der Waals surface area contributed by atoms with Crippen LogP contribution in [0.1, 0.15) is 23.0 Å². The monoisotopic (exact) mass is 361 g/mol. The van der Waals surface area contributed by atoms with Crippen LogP contribution >= 0.6 is 11.6 Å². The fraction of sp³-hybridized carbons (Fsp3) is 0.111. The Balaban J connectivity index is 2.02. The average Bonchev–Trinajstić information content (AvgIpc) is 2.97. The van der Waals surface area contributed by atoms with Crippen molar-refractivity contribution in [2.24, 2.45) is 0 Å². The Labute approximate surface area is 147 Å². The predicted octanol–water partition coefficient (Wildman–Crippen LogP) is 4.82. The molecule has 25 heavy (non-hydrogen) atoms. The Morgan fingerprint density at radius 3 is 2.52 bits per heavy atom. The molecule has 0 aliphatic rings. The number of rotatable bonds is 4. The molecule has 128 valence electrons. The molecule has 1 heterocycles. The van der Waals surface area contributed by atoms with Gasteiger partial charge in [-0.25, -0.2) is 8.78 Å². The highest BCUT2D eigenvalue weighted by Crippen LogP contribution is 2.31. The first-order valence-electron chi connectivity index (χ1n) is 7.59. The summed E-state index contributed by atoms with van der Waals surface area (Å²) in [5, 5.41) is 10.1. The zero-order valence-electron chi connectivity index (χ0n) is 13.2. The van der Waals surface area contributed by atoms with Crippen molar-refractivity contribution in [3.05, 3.63) is 70.4 Å². The van der Waals surface area contributed by atoms with Crippen LogP contribution in [0.3, 0.4) is 0 Å². The molecule has 0 bridgehead atoms. The summed E-state index contributed by atoms with van der Waals surface area (Å²) in [6.07, 6.45) is 0.545. The number of H-pyrrole nitrogens is 1. The molecule has 1 aromatic heterocycles. The molecule has 0 fully saturated rings. The highest BCUT2D eigenvalue weighted by atomic mass is 35.5. The second-order valence-corrected chi connectivity index (χ2v) is 5.78. The van der Waals surface area contributed by atoms with Crippen molar-refractivity contribution in [2.45, 2.75) is 13.3 Å². The lowest BCUT2D eigenvalue weighted by molar-refractivity contribution is 0.101. The summed E-state index contributed by atoms with van der Waals surface area (Å²) in [6.45, 7) is 1.87. The molecule has 0 saturated heterocycles. The van der Waals surface area contributed by atoms with Gasteiger partial charge in [-0.1, -0.05) is 36.7 Å². The molecule has 3 aromatic rings. The molecule has 0 atom stereocenters. The molecular formula is C18H14ClF2N3O. The molecule has 0 unspecified atom stereocenters. The van der Waals surface area contributed by atoms with Crippen LogP contribution in [0.15, 0.2) is 42.5 Å². The molecule has 4 nitrogen and oxygen atoms in total. The van der Waals surface area contributed by atoms with Gasteiger partial charge in [0.05, 0.1) is 11.4 Å². The van der Waals surface area contributed by atoms with Crippen LogP contribution in [-0.2, 0) is 6.42 Å². The number of amides is 1. The van der Waals surface area contributed by atoms with Crippen molar-refractivity contribution < 1.29 is 13.6 Å². The van der Waals surface area contributed by atoms with Gasteiger partial charge in [-0.05, 0) is 30.7 Å². The summed E-state index contributed by atoms with van der Waals surface area (Å²) in [5.41, 5.74) is 1.50. The molecule has 0 spiro atoms. The number of nitrogens with zero attached hydrogens (tertiary/aromatic N) is 1. The van der Waals surface area contributed by atoms with Crippen molar-refractivity contribution in [3.8, 4) is 11.3 Å². The molecule has 0 radical (unpaired) electrons. The Morgan fingerprint density at radius 1 is 1.20 bits per heavy atom. The van der Waals surface area contributed by atoms with E-state index in [1.54, 1.807) is 24.3 Å². The Bertz CT molecular complexity index is 920. The van der Waals surface area contributed by atoms with Gasteiger partial charge in [0.2, 0.25) is 0 Å². The van der Waals surface area contributed by atoms with Gasteiger partial charge in [0.15, 0.2) is 0 Å². The first kappa shape index (κ1) is 17.1. The Hall–Kier alpha value is -2.73. The fourth-order valence-electron chi connectivity index (χ4n) is 2.50. The van der Waals surface area contributed by atoms with E-state index in [0.29, 0.717) is 34.1 Å². The number of hydrogen-bond donors (Lipinski definition) is 2. The maximum absolute atomic E-state index is 13.8. The minimum atomic E-state index is -0.927. The Kier molecular flexibility index (Phi) is 4.81. The van der Waals surface area contributed by atoms with Crippen molar-refractivity contribution in [1.29, 1.82) is 0 Å². The van der Waals surface area contributed by atoms with E-state index in [4.69, 9.17) is 11.6 Å². The number of carbonyl (C=O) groups excluding carboxylic acids is 1. The molecule has 0 aliphatic heterocycles. The zero-order chi connectivity index (χ0) is 18.0. The summed E-state index contributed by atoms with van der Waals surface area (Å²) >= 11 is 6.01. The molecule has 0 aliphatic carbocycles. The van der Waals surface area contributed by atoms with Crippen molar-refractivity contribution in [2.75, 3.05) is 5.32 Å². The van der Waals surface area contributed by atoms with E-state index in [1.165, 1.54) is 6.07 Å². The minimum absolute atomic E-state index is 0.373. The summed E-state index contributed by atoms with van der Waals surface area (Å²) in [5.74, 6) is -2.73. The highest BCUT2D eigenvalue weighted by molar-refractivity contribution is 6.30. The number of aryl methyl sites for hydroxylation is 1. The molecular weight excluding hydrogens is 348 g/mol. The smallest absolute Gasteiger partial charge is 0.261 e. The molecule has 2 N–H and O–H groups in total. The number of anilines is 1. The first-order valence-corrected chi connectivity index (χ1v) is 7.97.